The number of hydrogen-bond donors (Lipinski definition) is 3. The van der Waals surface area contributed by atoms with Crippen molar-refractivity contribution in [1.82, 2.24) is 16.2 Å². The monoisotopic (exact) mass is 181 g/mol. The molecule has 1 aliphatic carbocycles. The Morgan fingerprint density at radius 3 is 3.23 bits per heavy atom. The van der Waals surface area contributed by atoms with Crippen molar-refractivity contribution >= 4 is 0 Å². The Balaban J connectivity index is 1.81. The molecular weight excluding hydrogens is 166 g/mol. The summed E-state index contributed by atoms with van der Waals surface area (Å²) >= 11 is 0. The summed E-state index contributed by atoms with van der Waals surface area (Å²) in [6.45, 7) is 1.10. The van der Waals surface area contributed by atoms with Gasteiger partial charge in [0.1, 0.15) is 6.10 Å². The van der Waals surface area contributed by atoms with Crippen LogP contribution in [0.2, 0.25) is 0 Å². The molecule has 1 saturated carbocycles. The van der Waals surface area contributed by atoms with Crippen LogP contribution in [0.5, 0.6) is 0 Å². The van der Waals surface area contributed by atoms with Crippen molar-refractivity contribution in [1.29, 1.82) is 0 Å². The SMILES string of the molecule is C1=COC2CCC3CNNC3C2N1. The van der Waals surface area contributed by atoms with Crippen molar-refractivity contribution in [3.63, 3.8) is 0 Å². The maximum Gasteiger partial charge on any atom is 0.119 e. The summed E-state index contributed by atoms with van der Waals surface area (Å²) in [5.74, 6) is 0.767. The molecule has 3 rings (SSSR count). The van der Waals surface area contributed by atoms with Crippen molar-refractivity contribution in [3.05, 3.63) is 12.5 Å². The second kappa shape index (κ2) is 2.89. The van der Waals surface area contributed by atoms with Crippen molar-refractivity contribution in [2.75, 3.05) is 6.54 Å². The number of hydrogen-bond acceptors (Lipinski definition) is 4. The predicted molar refractivity (Wildman–Crippen MR) is 48.6 cm³/mol. The smallest absolute Gasteiger partial charge is 0.119 e. The van der Waals surface area contributed by atoms with Gasteiger partial charge in [0.2, 0.25) is 0 Å². The molecule has 2 aliphatic heterocycles. The van der Waals surface area contributed by atoms with Crippen LogP contribution < -0.4 is 16.2 Å². The molecule has 1 saturated heterocycles. The van der Waals surface area contributed by atoms with Crippen LogP contribution in [-0.2, 0) is 4.74 Å². The fraction of sp³-hybridized carbons (Fsp3) is 0.778. The fourth-order valence-corrected chi connectivity index (χ4v) is 2.66. The lowest BCUT2D eigenvalue weighted by Crippen LogP contribution is -2.58. The Kier molecular flexibility index (Phi) is 1.70. The van der Waals surface area contributed by atoms with E-state index in [2.05, 4.69) is 16.2 Å². The molecule has 0 amide bonds. The van der Waals surface area contributed by atoms with Crippen molar-refractivity contribution in [2.24, 2.45) is 5.92 Å². The number of fused-ring (bicyclic) bond motifs is 3. The van der Waals surface area contributed by atoms with E-state index in [1.807, 2.05) is 6.20 Å². The van der Waals surface area contributed by atoms with Crippen LogP contribution in [0.15, 0.2) is 12.5 Å². The summed E-state index contributed by atoms with van der Waals surface area (Å²) < 4.78 is 5.58. The molecule has 2 heterocycles. The largest absolute Gasteiger partial charge is 0.494 e. The van der Waals surface area contributed by atoms with Gasteiger partial charge in [-0.1, -0.05) is 0 Å². The highest BCUT2D eigenvalue weighted by Crippen LogP contribution is 2.30. The third-order valence-corrected chi connectivity index (χ3v) is 3.36. The van der Waals surface area contributed by atoms with Gasteiger partial charge < -0.3 is 10.1 Å². The summed E-state index contributed by atoms with van der Waals surface area (Å²) in [5, 5.41) is 3.38. The van der Waals surface area contributed by atoms with Crippen LogP contribution in [0.1, 0.15) is 12.8 Å². The van der Waals surface area contributed by atoms with E-state index in [9.17, 15) is 0 Å². The van der Waals surface area contributed by atoms with Gasteiger partial charge in [-0.2, -0.15) is 0 Å². The molecule has 2 fully saturated rings. The Morgan fingerprint density at radius 2 is 2.23 bits per heavy atom. The van der Waals surface area contributed by atoms with Gasteiger partial charge in [0.25, 0.3) is 0 Å². The van der Waals surface area contributed by atoms with Gasteiger partial charge in [-0.25, -0.2) is 0 Å². The van der Waals surface area contributed by atoms with Crippen LogP contribution >= 0.6 is 0 Å². The fourth-order valence-electron chi connectivity index (χ4n) is 2.66. The van der Waals surface area contributed by atoms with Gasteiger partial charge >= 0.3 is 0 Å². The first kappa shape index (κ1) is 7.64. The first-order chi connectivity index (χ1) is 6.45. The number of ether oxygens (including phenoxy) is 1. The van der Waals surface area contributed by atoms with Gasteiger partial charge in [-0.05, 0) is 18.8 Å². The maximum atomic E-state index is 5.58. The van der Waals surface area contributed by atoms with E-state index in [1.54, 1.807) is 6.26 Å². The molecule has 3 N–H and O–H groups in total. The Bertz CT molecular complexity index is 231. The van der Waals surface area contributed by atoms with Crippen LogP contribution in [-0.4, -0.2) is 24.7 Å². The molecule has 0 bridgehead atoms. The average Bonchev–Trinajstić information content (AvgIpc) is 2.65. The molecule has 0 aromatic heterocycles. The van der Waals surface area contributed by atoms with Gasteiger partial charge in [0.05, 0.1) is 12.3 Å². The molecule has 4 atom stereocenters. The molecule has 13 heavy (non-hydrogen) atoms. The van der Waals surface area contributed by atoms with E-state index in [0.717, 1.165) is 12.5 Å². The zero-order valence-corrected chi connectivity index (χ0v) is 7.49. The topological polar surface area (TPSA) is 45.3 Å². The molecular formula is C9H15N3O. The van der Waals surface area contributed by atoms with Crippen LogP contribution in [0.25, 0.3) is 0 Å². The van der Waals surface area contributed by atoms with Crippen molar-refractivity contribution < 1.29 is 4.74 Å². The van der Waals surface area contributed by atoms with Gasteiger partial charge in [-0.3, -0.25) is 10.9 Å². The zero-order chi connectivity index (χ0) is 8.67. The van der Waals surface area contributed by atoms with E-state index in [4.69, 9.17) is 4.74 Å². The molecule has 0 aromatic carbocycles. The van der Waals surface area contributed by atoms with Crippen molar-refractivity contribution in [3.8, 4) is 0 Å². The highest BCUT2D eigenvalue weighted by atomic mass is 16.5. The lowest BCUT2D eigenvalue weighted by molar-refractivity contribution is 0.0362. The summed E-state index contributed by atoms with van der Waals surface area (Å²) in [6, 6.07) is 0.974. The average molecular weight is 181 g/mol. The molecule has 4 nitrogen and oxygen atoms in total. The van der Waals surface area contributed by atoms with Crippen molar-refractivity contribution in [2.45, 2.75) is 31.0 Å². The molecule has 0 spiro atoms. The molecule has 0 radical (unpaired) electrons. The van der Waals surface area contributed by atoms with Crippen LogP contribution in [0.3, 0.4) is 0 Å². The summed E-state index contributed by atoms with van der Waals surface area (Å²) in [7, 11) is 0. The second-order valence-electron chi connectivity index (χ2n) is 4.06. The van der Waals surface area contributed by atoms with E-state index in [1.165, 1.54) is 12.8 Å². The van der Waals surface area contributed by atoms with E-state index in [-0.39, 0.29) is 0 Å². The first-order valence-corrected chi connectivity index (χ1v) is 5.00. The summed E-state index contributed by atoms with van der Waals surface area (Å²) in [4.78, 5) is 0. The maximum absolute atomic E-state index is 5.58. The normalized spacial score (nSPS) is 47.4. The molecule has 4 unspecified atom stereocenters. The van der Waals surface area contributed by atoms with Crippen LogP contribution in [0, 0.1) is 5.92 Å². The Hall–Kier alpha value is -0.740. The minimum absolute atomic E-state index is 0.360. The highest BCUT2D eigenvalue weighted by molar-refractivity contribution is 5.04. The second-order valence-corrected chi connectivity index (χ2v) is 4.06. The standard InChI is InChI=1S/C9H15N3O/c1-2-7-9(10-3-4-13-7)8-6(1)5-11-12-8/h3-4,6-12H,1-2,5H2. The van der Waals surface area contributed by atoms with Gasteiger partial charge in [-0.15, -0.1) is 0 Å². The summed E-state index contributed by atoms with van der Waals surface area (Å²) in [5.41, 5.74) is 6.56. The predicted octanol–water partition coefficient (Wildman–Crippen LogP) is -0.299. The van der Waals surface area contributed by atoms with Gasteiger partial charge in [0, 0.05) is 18.8 Å². The Labute approximate surface area is 77.7 Å². The minimum atomic E-state index is 0.360. The molecule has 72 valence electrons. The zero-order valence-electron chi connectivity index (χ0n) is 7.49. The van der Waals surface area contributed by atoms with E-state index < -0.39 is 0 Å². The molecule has 3 aliphatic rings. The minimum Gasteiger partial charge on any atom is -0.494 e. The quantitative estimate of drug-likeness (QED) is 0.480. The highest BCUT2D eigenvalue weighted by Gasteiger charge is 2.43. The van der Waals surface area contributed by atoms with Gasteiger partial charge in [0.15, 0.2) is 0 Å². The third-order valence-electron chi connectivity index (χ3n) is 3.36. The number of rotatable bonds is 0. The lowest BCUT2D eigenvalue weighted by Gasteiger charge is -2.40. The van der Waals surface area contributed by atoms with E-state index in [0.29, 0.717) is 18.2 Å². The first-order valence-electron chi connectivity index (χ1n) is 5.00. The molecule has 4 heteroatoms. The Morgan fingerprint density at radius 1 is 1.23 bits per heavy atom. The molecule has 0 aromatic rings. The number of nitrogens with one attached hydrogen (secondary N) is 3. The number of hydrazine groups is 1. The van der Waals surface area contributed by atoms with E-state index >= 15 is 0 Å². The summed E-state index contributed by atoms with van der Waals surface area (Å²) in [6.07, 6.45) is 6.47. The third kappa shape index (κ3) is 1.13. The van der Waals surface area contributed by atoms with Crippen LogP contribution in [0.4, 0.5) is 0 Å². The lowest BCUT2D eigenvalue weighted by atomic mass is 9.80.